The summed E-state index contributed by atoms with van der Waals surface area (Å²) in [4.78, 5) is 14.9. The Hall–Kier alpha value is -1.32. The van der Waals surface area contributed by atoms with Crippen molar-refractivity contribution in [2.45, 2.75) is 31.7 Å². The van der Waals surface area contributed by atoms with Crippen LogP contribution in [0.1, 0.15) is 42.3 Å². The zero-order chi connectivity index (χ0) is 10.4. The van der Waals surface area contributed by atoms with Crippen molar-refractivity contribution in [1.82, 2.24) is 9.55 Å². The number of carbonyl (C=O) groups is 1. The largest absolute Gasteiger partial charge is 0.475 e. The van der Waals surface area contributed by atoms with Crippen molar-refractivity contribution in [1.29, 1.82) is 0 Å². The minimum atomic E-state index is -0.914. The van der Waals surface area contributed by atoms with Crippen molar-refractivity contribution < 1.29 is 9.90 Å². The second kappa shape index (κ2) is 3.08. The van der Waals surface area contributed by atoms with E-state index in [-0.39, 0.29) is 5.82 Å². The van der Waals surface area contributed by atoms with Crippen LogP contribution in [-0.4, -0.2) is 20.6 Å². The van der Waals surface area contributed by atoms with Crippen LogP contribution in [0, 0.1) is 11.8 Å². The number of fused-ring (bicyclic) bond motifs is 2. The number of hydrogen-bond donors (Lipinski definition) is 1. The summed E-state index contributed by atoms with van der Waals surface area (Å²) in [6.45, 7) is 0. The first-order chi connectivity index (χ1) is 7.25. The topological polar surface area (TPSA) is 55.1 Å². The molecule has 0 saturated heterocycles. The third-order valence-electron chi connectivity index (χ3n) is 3.92. The molecule has 2 aliphatic rings. The van der Waals surface area contributed by atoms with Gasteiger partial charge in [0.15, 0.2) is 0 Å². The van der Waals surface area contributed by atoms with Crippen LogP contribution in [0.25, 0.3) is 0 Å². The van der Waals surface area contributed by atoms with Gasteiger partial charge >= 0.3 is 5.97 Å². The van der Waals surface area contributed by atoms with Crippen molar-refractivity contribution in [2.75, 3.05) is 0 Å². The third kappa shape index (κ3) is 1.28. The summed E-state index contributed by atoms with van der Waals surface area (Å²) in [5.41, 5.74) is 0. The zero-order valence-corrected chi connectivity index (χ0v) is 8.47. The molecule has 3 unspecified atom stereocenters. The fraction of sp³-hybridized carbons (Fsp3) is 0.636. The molecule has 2 bridgehead atoms. The van der Waals surface area contributed by atoms with Crippen LogP contribution >= 0.6 is 0 Å². The molecule has 3 atom stereocenters. The second-order valence-electron chi connectivity index (χ2n) is 4.71. The van der Waals surface area contributed by atoms with Crippen LogP contribution in [0.15, 0.2) is 12.4 Å². The Morgan fingerprint density at radius 2 is 2.33 bits per heavy atom. The number of imidazole rings is 1. The lowest BCUT2D eigenvalue weighted by Gasteiger charge is -2.23. The second-order valence-corrected chi connectivity index (χ2v) is 4.71. The van der Waals surface area contributed by atoms with Crippen LogP contribution in [0.3, 0.4) is 0 Å². The minimum Gasteiger partial charge on any atom is -0.475 e. The van der Waals surface area contributed by atoms with Gasteiger partial charge in [0.05, 0.1) is 0 Å². The van der Waals surface area contributed by atoms with E-state index < -0.39 is 5.97 Å². The molecule has 15 heavy (non-hydrogen) atoms. The molecular weight excluding hydrogens is 192 g/mol. The molecule has 80 valence electrons. The van der Waals surface area contributed by atoms with Crippen LogP contribution in [0.5, 0.6) is 0 Å². The molecule has 0 amide bonds. The van der Waals surface area contributed by atoms with Gasteiger partial charge in [-0.25, -0.2) is 9.78 Å². The number of aromatic carboxylic acids is 1. The molecule has 4 heteroatoms. The summed E-state index contributed by atoms with van der Waals surface area (Å²) < 4.78 is 1.87. The molecular formula is C11H14N2O2. The standard InChI is InChI=1S/C11H14N2O2/c14-11(15)10-12-3-4-13(10)9-6-7-1-2-8(9)5-7/h3-4,7-9H,1-2,5-6H2,(H,14,15). The molecule has 1 N–H and O–H groups in total. The van der Waals surface area contributed by atoms with Gasteiger partial charge in [-0.2, -0.15) is 0 Å². The molecule has 2 aliphatic carbocycles. The smallest absolute Gasteiger partial charge is 0.372 e. The molecule has 1 heterocycles. The zero-order valence-electron chi connectivity index (χ0n) is 8.47. The molecule has 0 radical (unpaired) electrons. The number of nitrogens with zero attached hydrogens (tertiary/aromatic N) is 2. The Kier molecular flexibility index (Phi) is 1.84. The Morgan fingerprint density at radius 3 is 2.93 bits per heavy atom. The van der Waals surface area contributed by atoms with E-state index >= 15 is 0 Å². The highest BCUT2D eigenvalue weighted by Gasteiger charge is 2.41. The molecule has 4 nitrogen and oxygen atoms in total. The van der Waals surface area contributed by atoms with Gasteiger partial charge in [-0.15, -0.1) is 0 Å². The quantitative estimate of drug-likeness (QED) is 0.804. The van der Waals surface area contributed by atoms with Crippen molar-refractivity contribution in [2.24, 2.45) is 11.8 Å². The molecule has 1 aromatic rings. The highest BCUT2D eigenvalue weighted by atomic mass is 16.4. The molecule has 2 saturated carbocycles. The molecule has 0 aliphatic heterocycles. The van der Waals surface area contributed by atoms with E-state index in [9.17, 15) is 4.79 Å². The first-order valence-electron chi connectivity index (χ1n) is 5.52. The van der Waals surface area contributed by atoms with E-state index in [0.717, 1.165) is 12.3 Å². The number of hydrogen-bond acceptors (Lipinski definition) is 2. The van der Waals surface area contributed by atoms with E-state index in [1.807, 2.05) is 10.8 Å². The lowest BCUT2D eigenvalue weighted by molar-refractivity contribution is 0.0672. The Bertz CT molecular complexity index is 399. The van der Waals surface area contributed by atoms with Crippen LogP contribution < -0.4 is 0 Å². The fourth-order valence-corrected chi connectivity index (χ4v) is 3.30. The van der Waals surface area contributed by atoms with Gasteiger partial charge in [-0.05, 0) is 31.1 Å². The maximum atomic E-state index is 11.0. The number of carboxylic acids is 1. The van der Waals surface area contributed by atoms with Crippen LogP contribution in [0.2, 0.25) is 0 Å². The van der Waals surface area contributed by atoms with Crippen molar-refractivity contribution in [3.8, 4) is 0 Å². The van der Waals surface area contributed by atoms with E-state index in [1.165, 1.54) is 19.3 Å². The van der Waals surface area contributed by atoms with Crippen molar-refractivity contribution in [3.63, 3.8) is 0 Å². The third-order valence-corrected chi connectivity index (χ3v) is 3.92. The minimum absolute atomic E-state index is 0.201. The van der Waals surface area contributed by atoms with Crippen LogP contribution in [-0.2, 0) is 0 Å². The van der Waals surface area contributed by atoms with E-state index in [4.69, 9.17) is 5.11 Å². The highest BCUT2D eigenvalue weighted by Crippen LogP contribution is 2.50. The normalized spacial score (nSPS) is 33.5. The number of rotatable bonds is 2. The van der Waals surface area contributed by atoms with Gasteiger partial charge in [0.1, 0.15) is 0 Å². The van der Waals surface area contributed by atoms with Crippen LogP contribution in [0.4, 0.5) is 0 Å². The number of aromatic nitrogens is 2. The summed E-state index contributed by atoms with van der Waals surface area (Å²) in [5, 5.41) is 9.00. The van der Waals surface area contributed by atoms with Gasteiger partial charge in [0, 0.05) is 18.4 Å². The highest BCUT2D eigenvalue weighted by molar-refractivity contribution is 5.83. The fourth-order valence-electron chi connectivity index (χ4n) is 3.30. The lowest BCUT2D eigenvalue weighted by atomic mass is 9.95. The molecule has 3 rings (SSSR count). The Morgan fingerprint density at radius 1 is 1.47 bits per heavy atom. The van der Waals surface area contributed by atoms with Gasteiger partial charge in [0.2, 0.25) is 5.82 Å². The summed E-state index contributed by atoms with van der Waals surface area (Å²) >= 11 is 0. The Balaban J connectivity index is 1.93. The first-order valence-corrected chi connectivity index (χ1v) is 5.52. The maximum Gasteiger partial charge on any atom is 0.372 e. The monoisotopic (exact) mass is 206 g/mol. The van der Waals surface area contributed by atoms with Crippen molar-refractivity contribution in [3.05, 3.63) is 18.2 Å². The van der Waals surface area contributed by atoms with Gasteiger partial charge in [-0.1, -0.05) is 6.42 Å². The van der Waals surface area contributed by atoms with E-state index in [0.29, 0.717) is 12.0 Å². The van der Waals surface area contributed by atoms with E-state index in [1.54, 1.807) is 6.20 Å². The Labute approximate surface area is 87.9 Å². The number of carboxylic acid groups (broad SMARTS) is 1. The van der Waals surface area contributed by atoms with E-state index in [2.05, 4.69) is 4.98 Å². The predicted molar refractivity (Wildman–Crippen MR) is 53.7 cm³/mol. The van der Waals surface area contributed by atoms with Gasteiger partial charge in [0.25, 0.3) is 0 Å². The first kappa shape index (κ1) is 8.95. The maximum absolute atomic E-state index is 11.0. The average molecular weight is 206 g/mol. The lowest BCUT2D eigenvalue weighted by Crippen LogP contribution is -2.20. The molecule has 0 aromatic carbocycles. The summed E-state index contributed by atoms with van der Waals surface area (Å²) in [5.74, 6) is 0.793. The SMILES string of the molecule is O=C(O)c1nccn1C1CC2CCC1C2. The summed E-state index contributed by atoms with van der Waals surface area (Å²) in [6.07, 6.45) is 8.41. The summed E-state index contributed by atoms with van der Waals surface area (Å²) in [7, 11) is 0. The predicted octanol–water partition coefficient (Wildman–Crippen LogP) is 1.94. The van der Waals surface area contributed by atoms with Crippen molar-refractivity contribution >= 4 is 5.97 Å². The van der Waals surface area contributed by atoms with Gasteiger partial charge < -0.3 is 9.67 Å². The molecule has 1 aromatic heterocycles. The summed E-state index contributed by atoms with van der Waals surface area (Å²) in [6, 6.07) is 0.386. The molecule has 0 spiro atoms. The average Bonchev–Trinajstić information content (AvgIpc) is 2.92. The molecule has 2 fully saturated rings. The van der Waals surface area contributed by atoms with Gasteiger partial charge in [-0.3, -0.25) is 0 Å².